The molecule has 0 radical (unpaired) electrons. The molecule has 0 spiro atoms. The first-order valence-electron chi connectivity index (χ1n) is 12.5. The highest BCUT2D eigenvalue weighted by atomic mass is 35.5. The van der Waals surface area contributed by atoms with Crippen LogP contribution in [0.3, 0.4) is 0 Å². The van der Waals surface area contributed by atoms with E-state index in [0.717, 1.165) is 11.1 Å². The molecule has 0 aliphatic rings. The van der Waals surface area contributed by atoms with Crippen molar-refractivity contribution in [1.29, 1.82) is 0 Å². The molecule has 0 amide bonds. The van der Waals surface area contributed by atoms with Crippen LogP contribution in [0, 0.1) is 6.92 Å². The zero-order chi connectivity index (χ0) is 28.1. The maximum Gasteiger partial charge on any atom is 0.326 e. The van der Waals surface area contributed by atoms with E-state index in [4.69, 9.17) is 26.8 Å². The second-order valence-electron chi connectivity index (χ2n) is 9.90. The fraction of sp³-hybridized carbons (Fsp3) is 0.520. The highest BCUT2D eigenvalue weighted by molar-refractivity contribution is 7.59. The predicted octanol–water partition coefficient (Wildman–Crippen LogP) is 4.60. The number of nitrogen functional groups attached to an aromatic ring is 1. The number of aromatic nitrogens is 4. The van der Waals surface area contributed by atoms with Gasteiger partial charge >= 0.3 is 5.97 Å². The molecule has 4 N–H and O–H groups in total. The summed E-state index contributed by atoms with van der Waals surface area (Å²) in [5.74, 6) is -0.198. The summed E-state index contributed by atoms with van der Waals surface area (Å²) in [5.41, 5.74) is 7.63. The highest BCUT2D eigenvalue weighted by Crippen LogP contribution is 2.43. The molecular weight excluding hydrogens is 529 g/mol. The van der Waals surface area contributed by atoms with Gasteiger partial charge in [0.1, 0.15) is 23.7 Å². The molecule has 1 aromatic carbocycles. The van der Waals surface area contributed by atoms with Gasteiger partial charge in [-0.05, 0) is 64.3 Å². The quantitative estimate of drug-likeness (QED) is 0.198. The van der Waals surface area contributed by atoms with Crippen LogP contribution in [0.15, 0.2) is 30.9 Å². The molecule has 0 aliphatic heterocycles. The average Bonchev–Trinajstić information content (AvgIpc) is 3.24. The molecule has 3 aromatic rings. The second kappa shape index (κ2) is 12.5. The number of nitrogens with two attached hydrogens (primary N) is 1. The predicted molar refractivity (Wildman–Crippen MR) is 149 cm³/mol. The lowest BCUT2D eigenvalue weighted by Gasteiger charge is -2.33. The van der Waals surface area contributed by atoms with Gasteiger partial charge in [-0.3, -0.25) is 9.36 Å². The van der Waals surface area contributed by atoms with E-state index in [9.17, 15) is 9.36 Å². The number of aryl methyl sites for hydroxylation is 1. The first-order chi connectivity index (χ1) is 17.8. The molecule has 0 aliphatic carbocycles. The lowest BCUT2D eigenvalue weighted by molar-refractivity contribution is -0.149. The van der Waals surface area contributed by atoms with Crippen molar-refractivity contribution in [2.24, 2.45) is 0 Å². The summed E-state index contributed by atoms with van der Waals surface area (Å²) in [6, 6.07) is 5.20. The lowest BCUT2D eigenvalue weighted by Crippen LogP contribution is -2.49. The second-order valence-corrected chi connectivity index (χ2v) is 12.6. The molecule has 3 atom stereocenters. The van der Waals surface area contributed by atoms with Crippen LogP contribution in [0.2, 0.25) is 5.02 Å². The lowest BCUT2D eigenvalue weighted by atomic mass is 10.0. The van der Waals surface area contributed by atoms with Gasteiger partial charge < -0.3 is 19.8 Å². The Morgan fingerprint density at radius 1 is 1.26 bits per heavy atom. The van der Waals surface area contributed by atoms with Crippen LogP contribution in [-0.4, -0.2) is 50.1 Å². The van der Waals surface area contributed by atoms with E-state index in [2.05, 4.69) is 25.1 Å². The van der Waals surface area contributed by atoms with Crippen LogP contribution in [-0.2, 0) is 25.4 Å². The number of hydrogen-bond acceptors (Lipinski definition) is 8. The van der Waals surface area contributed by atoms with Crippen LogP contribution in [0.1, 0.15) is 58.2 Å². The molecule has 0 saturated heterocycles. The van der Waals surface area contributed by atoms with Gasteiger partial charge in [0.25, 0.3) is 0 Å². The van der Waals surface area contributed by atoms with Crippen LogP contribution in [0.25, 0.3) is 11.2 Å². The third kappa shape index (κ3) is 7.51. The summed E-state index contributed by atoms with van der Waals surface area (Å²) in [7, 11) is -3.51. The van der Waals surface area contributed by atoms with E-state index in [1.54, 1.807) is 30.8 Å². The summed E-state index contributed by atoms with van der Waals surface area (Å²) in [5, 5.41) is 6.85. The molecule has 0 fully saturated rings. The van der Waals surface area contributed by atoms with Gasteiger partial charge in [-0.25, -0.2) is 25.1 Å². The number of benzene rings is 1. The number of carbonyl (C=O) groups is 1. The molecule has 13 heteroatoms. The van der Waals surface area contributed by atoms with Crippen molar-refractivity contribution in [2.75, 3.05) is 18.7 Å². The maximum absolute atomic E-state index is 14.3. The minimum atomic E-state index is -3.51. The molecular formula is C25H37ClN7O4P. The van der Waals surface area contributed by atoms with Crippen molar-refractivity contribution in [1.82, 2.24) is 29.7 Å². The topological polar surface area (TPSA) is 146 Å². The van der Waals surface area contributed by atoms with Crippen molar-refractivity contribution >= 4 is 42.0 Å². The van der Waals surface area contributed by atoms with E-state index in [0.29, 0.717) is 35.0 Å². The van der Waals surface area contributed by atoms with Crippen molar-refractivity contribution < 1.29 is 18.8 Å². The van der Waals surface area contributed by atoms with Gasteiger partial charge in [0.15, 0.2) is 11.5 Å². The Kier molecular flexibility index (Phi) is 9.89. The third-order valence-electron chi connectivity index (χ3n) is 5.93. The molecule has 2 heterocycles. The van der Waals surface area contributed by atoms with E-state index < -0.39 is 19.0 Å². The number of nitrogens with one attached hydrogen (secondary N) is 2. The van der Waals surface area contributed by atoms with E-state index in [1.807, 2.05) is 39.8 Å². The Bertz CT molecular complexity index is 1320. The minimum Gasteiger partial charge on any atom is -0.464 e. The van der Waals surface area contributed by atoms with Gasteiger partial charge in [0.05, 0.1) is 25.6 Å². The number of carbonyl (C=O) groups excluding carboxylic acids is 1. The normalized spacial score (nSPS) is 15.2. The SMILES string of the molecule is CCCOC(=O)C(C)(C)N[P@@](=O)(CO[C@H](C)Cn1cnc2c(N)ncnc21)N[C@@H](C)c1ccc(Cl)cc1C. The number of esters is 1. The Hall–Kier alpha value is -2.56. The number of hydrogen-bond donors (Lipinski definition) is 3. The number of nitrogens with zero attached hydrogens (tertiary/aromatic N) is 4. The van der Waals surface area contributed by atoms with Crippen LogP contribution >= 0.6 is 19.0 Å². The number of anilines is 1. The van der Waals surface area contributed by atoms with Gasteiger partial charge in [-0.15, -0.1) is 0 Å². The monoisotopic (exact) mass is 565 g/mol. The zero-order valence-electron chi connectivity index (χ0n) is 22.7. The standard InChI is InChI=1S/C25H37ClN7O4P/c1-7-10-36-24(34)25(5,6)32-38(35,31-18(4)20-9-8-19(26)11-16(20)2)15-37-17(3)12-33-14-30-21-22(27)28-13-29-23(21)33/h8-9,11,13-14,17-18H,7,10,12,15H2,1-6H3,(H2,27,28,29)(H2,31,32,35)/t17-,18+,38-/m1/s1. The summed E-state index contributed by atoms with van der Waals surface area (Å²) in [6.07, 6.45) is 3.13. The minimum absolute atomic E-state index is 0.181. The van der Waals surface area contributed by atoms with Gasteiger partial charge in [0.2, 0.25) is 7.44 Å². The van der Waals surface area contributed by atoms with Crippen molar-refractivity contribution in [3.63, 3.8) is 0 Å². The number of imidazole rings is 1. The molecule has 0 saturated carbocycles. The van der Waals surface area contributed by atoms with E-state index in [1.165, 1.54) is 6.33 Å². The molecule has 3 rings (SSSR count). The highest BCUT2D eigenvalue weighted by Gasteiger charge is 2.38. The first-order valence-corrected chi connectivity index (χ1v) is 14.7. The van der Waals surface area contributed by atoms with Crippen molar-refractivity contribution in [3.8, 4) is 0 Å². The molecule has 0 bridgehead atoms. The molecule has 11 nitrogen and oxygen atoms in total. The van der Waals surface area contributed by atoms with Crippen molar-refractivity contribution in [2.45, 2.75) is 72.2 Å². The van der Waals surface area contributed by atoms with Crippen LogP contribution in [0.5, 0.6) is 0 Å². The van der Waals surface area contributed by atoms with Gasteiger partial charge in [-0.2, -0.15) is 0 Å². The smallest absolute Gasteiger partial charge is 0.326 e. The van der Waals surface area contributed by atoms with Crippen molar-refractivity contribution in [3.05, 3.63) is 47.0 Å². The number of rotatable bonds is 13. The Balaban J connectivity index is 1.79. The Morgan fingerprint density at radius 2 is 2.00 bits per heavy atom. The first kappa shape index (κ1) is 30.0. The number of fused-ring (bicyclic) bond motifs is 1. The third-order valence-corrected chi connectivity index (χ3v) is 8.40. The number of ether oxygens (including phenoxy) is 2. The summed E-state index contributed by atoms with van der Waals surface area (Å²) in [6.45, 7) is 11.6. The molecule has 0 unspecified atom stereocenters. The fourth-order valence-electron chi connectivity index (χ4n) is 4.08. The number of halogens is 1. The fourth-order valence-corrected chi connectivity index (χ4v) is 6.73. The molecule has 2 aromatic heterocycles. The summed E-state index contributed by atoms with van der Waals surface area (Å²) in [4.78, 5) is 25.2. The van der Waals surface area contributed by atoms with Gasteiger partial charge in [0, 0.05) is 11.1 Å². The molecule has 208 valence electrons. The van der Waals surface area contributed by atoms with E-state index >= 15 is 0 Å². The average molecular weight is 566 g/mol. The van der Waals surface area contributed by atoms with Gasteiger partial charge in [-0.1, -0.05) is 24.6 Å². The maximum atomic E-state index is 14.3. The summed E-state index contributed by atoms with van der Waals surface area (Å²) < 4.78 is 27.5. The van der Waals surface area contributed by atoms with Crippen LogP contribution < -0.4 is 15.9 Å². The molecule has 38 heavy (non-hydrogen) atoms. The largest absolute Gasteiger partial charge is 0.464 e. The Labute approximate surface area is 228 Å². The van der Waals surface area contributed by atoms with Crippen LogP contribution in [0.4, 0.5) is 5.82 Å². The Morgan fingerprint density at radius 3 is 2.68 bits per heavy atom. The van der Waals surface area contributed by atoms with E-state index in [-0.39, 0.29) is 25.1 Å². The zero-order valence-corrected chi connectivity index (χ0v) is 24.3. The summed E-state index contributed by atoms with van der Waals surface area (Å²) >= 11 is 6.13.